The molecular formula is C15H12FNO. The SMILES string of the molecule is Cc1ccc(N)c(-c2cc3cc(F)ccc3o2)c1. The van der Waals surface area contributed by atoms with Crippen LogP contribution >= 0.6 is 0 Å². The van der Waals surface area contributed by atoms with Crippen LogP contribution in [0.1, 0.15) is 5.56 Å². The van der Waals surface area contributed by atoms with E-state index in [1.807, 2.05) is 31.2 Å². The molecule has 0 fully saturated rings. The number of nitrogen functional groups attached to an aromatic ring is 1. The van der Waals surface area contributed by atoms with Crippen molar-refractivity contribution in [2.75, 3.05) is 5.73 Å². The Balaban J connectivity index is 2.22. The number of furan rings is 1. The van der Waals surface area contributed by atoms with E-state index in [2.05, 4.69) is 0 Å². The van der Waals surface area contributed by atoms with Gasteiger partial charge in [0.05, 0.1) is 0 Å². The Morgan fingerprint density at radius 3 is 2.72 bits per heavy atom. The molecule has 0 bridgehead atoms. The van der Waals surface area contributed by atoms with E-state index in [4.69, 9.17) is 10.2 Å². The van der Waals surface area contributed by atoms with Crippen molar-refractivity contribution < 1.29 is 8.81 Å². The van der Waals surface area contributed by atoms with Gasteiger partial charge in [0.15, 0.2) is 0 Å². The van der Waals surface area contributed by atoms with Gasteiger partial charge in [-0.05, 0) is 43.3 Å². The molecule has 0 spiro atoms. The molecular weight excluding hydrogens is 229 g/mol. The lowest BCUT2D eigenvalue weighted by Crippen LogP contribution is -1.89. The third kappa shape index (κ3) is 1.74. The van der Waals surface area contributed by atoms with Gasteiger partial charge in [-0.3, -0.25) is 0 Å². The molecule has 90 valence electrons. The minimum atomic E-state index is -0.271. The molecule has 18 heavy (non-hydrogen) atoms. The summed E-state index contributed by atoms with van der Waals surface area (Å²) in [6.07, 6.45) is 0. The molecule has 2 aromatic carbocycles. The highest BCUT2D eigenvalue weighted by Gasteiger charge is 2.09. The van der Waals surface area contributed by atoms with Crippen molar-refractivity contribution in [3.05, 3.63) is 53.8 Å². The monoisotopic (exact) mass is 241 g/mol. The highest BCUT2D eigenvalue weighted by atomic mass is 19.1. The van der Waals surface area contributed by atoms with E-state index < -0.39 is 0 Å². The van der Waals surface area contributed by atoms with Crippen molar-refractivity contribution in [2.45, 2.75) is 6.92 Å². The fraction of sp³-hybridized carbons (Fsp3) is 0.0667. The lowest BCUT2D eigenvalue weighted by Gasteiger charge is -2.03. The van der Waals surface area contributed by atoms with E-state index in [1.54, 1.807) is 6.07 Å². The summed E-state index contributed by atoms with van der Waals surface area (Å²) >= 11 is 0. The quantitative estimate of drug-likeness (QED) is 0.650. The Morgan fingerprint density at radius 1 is 1.06 bits per heavy atom. The number of fused-ring (bicyclic) bond motifs is 1. The number of rotatable bonds is 1. The maximum absolute atomic E-state index is 13.1. The second-order valence-corrected chi connectivity index (χ2v) is 4.38. The van der Waals surface area contributed by atoms with Crippen LogP contribution in [0.15, 0.2) is 46.9 Å². The molecule has 3 aromatic rings. The van der Waals surface area contributed by atoms with Crippen LogP contribution in [0, 0.1) is 12.7 Å². The molecule has 0 unspecified atom stereocenters. The summed E-state index contributed by atoms with van der Waals surface area (Å²) in [7, 11) is 0. The number of aryl methyl sites for hydroxylation is 1. The molecule has 0 amide bonds. The van der Waals surface area contributed by atoms with Crippen LogP contribution in [0.3, 0.4) is 0 Å². The van der Waals surface area contributed by atoms with E-state index in [0.29, 0.717) is 17.0 Å². The summed E-state index contributed by atoms with van der Waals surface area (Å²) in [5.41, 5.74) is 9.19. The van der Waals surface area contributed by atoms with Crippen LogP contribution in [0.2, 0.25) is 0 Å². The fourth-order valence-corrected chi connectivity index (χ4v) is 2.03. The van der Waals surface area contributed by atoms with Crippen LogP contribution < -0.4 is 5.73 Å². The smallest absolute Gasteiger partial charge is 0.137 e. The van der Waals surface area contributed by atoms with Crippen molar-refractivity contribution in [1.29, 1.82) is 0 Å². The zero-order valence-electron chi connectivity index (χ0n) is 9.91. The van der Waals surface area contributed by atoms with E-state index in [1.165, 1.54) is 12.1 Å². The molecule has 0 saturated heterocycles. The van der Waals surface area contributed by atoms with Gasteiger partial charge >= 0.3 is 0 Å². The minimum Gasteiger partial charge on any atom is -0.456 e. The summed E-state index contributed by atoms with van der Waals surface area (Å²) in [6, 6.07) is 12.0. The van der Waals surface area contributed by atoms with Crippen LogP contribution in [-0.4, -0.2) is 0 Å². The molecule has 1 heterocycles. The summed E-state index contributed by atoms with van der Waals surface area (Å²) in [6.45, 7) is 1.99. The van der Waals surface area contributed by atoms with Gasteiger partial charge in [-0.15, -0.1) is 0 Å². The second kappa shape index (κ2) is 3.88. The van der Waals surface area contributed by atoms with Crippen LogP contribution in [-0.2, 0) is 0 Å². The number of hydrogen-bond donors (Lipinski definition) is 1. The average Bonchev–Trinajstić information content (AvgIpc) is 2.74. The van der Waals surface area contributed by atoms with Crippen molar-refractivity contribution in [3.8, 4) is 11.3 Å². The Kier molecular flexibility index (Phi) is 2.33. The molecule has 0 aliphatic carbocycles. The van der Waals surface area contributed by atoms with Gasteiger partial charge in [-0.25, -0.2) is 4.39 Å². The zero-order valence-corrected chi connectivity index (χ0v) is 9.91. The Morgan fingerprint density at radius 2 is 1.89 bits per heavy atom. The van der Waals surface area contributed by atoms with E-state index in [-0.39, 0.29) is 5.82 Å². The van der Waals surface area contributed by atoms with E-state index in [9.17, 15) is 4.39 Å². The summed E-state index contributed by atoms with van der Waals surface area (Å²) in [5.74, 6) is 0.392. The zero-order chi connectivity index (χ0) is 12.7. The summed E-state index contributed by atoms with van der Waals surface area (Å²) in [4.78, 5) is 0. The molecule has 0 aliphatic rings. The fourth-order valence-electron chi connectivity index (χ4n) is 2.03. The lowest BCUT2D eigenvalue weighted by atomic mass is 10.1. The van der Waals surface area contributed by atoms with Crippen molar-refractivity contribution in [3.63, 3.8) is 0 Å². The Hall–Kier alpha value is -2.29. The third-order valence-corrected chi connectivity index (χ3v) is 2.95. The maximum atomic E-state index is 13.1. The third-order valence-electron chi connectivity index (χ3n) is 2.95. The molecule has 2 N–H and O–H groups in total. The standard InChI is InChI=1S/C15H12FNO/c1-9-2-4-13(17)12(6-9)15-8-10-7-11(16)3-5-14(10)18-15/h2-8H,17H2,1H3. The highest BCUT2D eigenvalue weighted by Crippen LogP contribution is 2.32. The number of hydrogen-bond acceptors (Lipinski definition) is 2. The largest absolute Gasteiger partial charge is 0.456 e. The first-order valence-corrected chi connectivity index (χ1v) is 5.69. The molecule has 0 aliphatic heterocycles. The first-order valence-electron chi connectivity index (χ1n) is 5.69. The average molecular weight is 241 g/mol. The van der Waals surface area contributed by atoms with Gasteiger partial charge < -0.3 is 10.2 Å². The van der Waals surface area contributed by atoms with E-state index in [0.717, 1.165) is 16.5 Å². The molecule has 2 nitrogen and oxygen atoms in total. The van der Waals surface area contributed by atoms with Gasteiger partial charge in [0.25, 0.3) is 0 Å². The lowest BCUT2D eigenvalue weighted by molar-refractivity contribution is 0.619. The topological polar surface area (TPSA) is 39.2 Å². The molecule has 0 saturated carbocycles. The predicted octanol–water partition coefficient (Wildman–Crippen LogP) is 4.13. The van der Waals surface area contributed by atoms with Crippen LogP contribution in [0.5, 0.6) is 0 Å². The van der Waals surface area contributed by atoms with Gasteiger partial charge in [-0.2, -0.15) is 0 Å². The highest BCUT2D eigenvalue weighted by molar-refractivity contribution is 5.85. The molecule has 3 rings (SSSR count). The van der Waals surface area contributed by atoms with Crippen LogP contribution in [0.4, 0.5) is 10.1 Å². The first kappa shape index (κ1) is 10.8. The number of nitrogens with two attached hydrogens (primary N) is 1. The Labute approximate surface area is 104 Å². The first-order chi connectivity index (χ1) is 8.63. The van der Waals surface area contributed by atoms with Crippen molar-refractivity contribution >= 4 is 16.7 Å². The van der Waals surface area contributed by atoms with Crippen LogP contribution in [0.25, 0.3) is 22.3 Å². The number of anilines is 1. The normalized spacial score (nSPS) is 11.0. The maximum Gasteiger partial charge on any atom is 0.137 e. The van der Waals surface area contributed by atoms with Gasteiger partial charge in [0, 0.05) is 16.6 Å². The predicted molar refractivity (Wildman–Crippen MR) is 70.8 cm³/mol. The van der Waals surface area contributed by atoms with Gasteiger partial charge in [-0.1, -0.05) is 11.6 Å². The number of halogens is 1. The van der Waals surface area contributed by atoms with E-state index >= 15 is 0 Å². The molecule has 3 heteroatoms. The van der Waals surface area contributed by atoms with Gasteiger partial charge in [0.2, 0.25) is 0 Å². The second-order valence-electron chi connectivity index (χ2n) is 4.38. The summed E-state index contributed by atoms with van der Waals surface area (Å²) in [5, 5.41) is 0.742. The van der Waals surface area contributed by atoms with Gasteiger partial charge in [0.1, 0.15) is 17.2 Å². The van der Waals surface area contributed by atoms with Crippen molar-refractivity contribution in [1.82, 2.24) is 0 Å². The number of benzene rings is 2. The molecule has 0 atom stereocenters. The summed E-state index contributed by atoms with van der Waals surface area (Å²) < 4.78 is 18.8. The molecule has 0 radical (unpaired) electrons. The molecule has 1 aromatic heterocycles. The minimum absolute atomic E-state index is 0.271. The van der Waals surface area contributed by atoms with Crippen molar-refractivity contribution in [2.24, 2.45) is 0 Å². The Bertz CT molecular complexity index is 730.